The Morgan fingerprint density at radius 2 is 1.62 bits per heavy atom. The Morgan fingerprint density at radius 3 is 2.34 bits per heavy atom. The number of aromatic nitrogens is 2. The maximum atomic E-state index is 12.7. The molecule has 3 aromatic carbocycles. The van der Waals surface area contributed by atoms with E-state index in [0.717, 1.165) is 28.0 Å². The Kier molecular flexibility index (Phi) is 4.83. The molecule has 0 spiro atoms. The SMILES string of the molecule is CC(=O)Nc1ccc(C)c(C(=O)Nc2ccc(-c3nc4ccccc4[nH]3)cc2)c1. The van der Waals surface area contributed by atoms with Crippen LogP contribution in [0, 0.1) is 6.92 Å². The quantitative estimate of drug-likeness (QED) is 0.474. The van der Waals surface area contributed by atoms with Crippen molar-refractivity contribution in [3.05, 3.63) is 77.9 Å². The fraction of sp³-hybridized carbons (Fsp3) is 0.0870. The number of hydrogen-bond acceptors (Lipinski definition) is 3. The van der Waals surface area contributed by atoms with Crippen LogP contribution in [0.1, 0.15) is 22.8 Å². The second kappa shape index (κ2) is 7.59. The van der Waals surface area contributed by atoms with Gasteiger partial charge in [0.25, 0.3) is 5.91 Å². The van der Waals surface area contributed by atoms with Crippen LogP contribution >= 0.6 is 0 Å². The van der Waals surface area contributed by atoms with Gasteiger partial charge in [-0.15, -0.1) is 0 Å². The zero-order valence-corrected chi connectivity index (χ0v) is 16.1. The highest BCUT2D eigenvalue weighted by Crippen LogP contribution is 2.23. The fourth-order valence-corrected chi connectivity index (χ4v) is 3.15. The van der Waals surface area contributed by atoms with Crippen molar-refractivity contribution < 1.29 is 9.59 Å². The van der Waals surface area contributed by atoms with Crippen molar-refractivity contribution in [1.82, 2.24) is 9.97 Å². The smallest absolute Gasteiger partial charge is 0.256 e. The molecule has 0 aliphatic heterocycles. The Morgan fingerprint density at radius 1 is 0.897 bits per heavy atom. The fourth-order valence-electron chi connectivity index (χ4n) is 3.15. The summed E-state index contributed by atoms with van der Waals surface area (Å²) in [6, 6.07) is 20.6. The average Bonchev–Trinajstić information content (AvgIpc) is 3.14. The maximum Gasteiger partial charge on any atom is 0.256 e. The standard InChI is InChI=1S/C23H20N4O2/c1-14-7-10-18(24-15(2)28)13-19(14)23(29)25-17-11-8-16(9-12-17)22-26-20-5-3-4-6-21(20)27-22/h3-13H,1-2H3,(H,24,28)(H,25,29)(H,26,27). The number of aryl methyl sites for hydroxylation is 1. The number of rotatable bonds is 4. The van der Waals surface area contributed by atoms with Crippen molar-refractivity contribution in [2.45, 2.75) is 13.8 Å². The molecule has 0 unspecified atom stereocenters. The van der Waals surface area contributed by atoms with Gasteiger partial charge in [-0.3, -0.25) is 9.59 Å². The van der Waals surface area contributed by atoms with E-state index in [-0.39, 0.29) is 11.8 Å². The van der Waals surface area contributed by atoms with Crippen LogP contribution in [0.4, 0.5) is 11.4 Å². The number of carbonyl (C=O) groups is 2. The molecule has 0 radical (unpaired) electrons. The number of benzene rings is 3. The lowest BCUT2D eigenvalue weighted by molar-refractivity contribution is -0.114. The van der Waals surface area contributed by atoms with E-state index in [0.29, 0.717) is 16.9 Å². The number of para-hydroxylation sites is 2. The molecule has 0 bridgehead atoms. The van der Waals surface area contributed by atoms with Gasteiger partial charge in [0.2, 0.25) is 5.91 Å². The first kappa shape index (κ1) is 18.4. The van der Waals surface area contributed by atoms with Gasteiger partial charge in [-0.1, -0.05) is 18.2 Å². The summed E-state index contributed by atoms with van der Waals surface area (Å²) in [7, 11) is 0. The maximum absolute atomic E-state index is 12.7. The lowest BCUT2D eigenvalue weighted by Crippen LogP contribution is -2.14. The third-order valence-electron chi connectivity index (χ3n) is 4.61. The topological polar surface area (TPSA) is 86.9 Å². The van der Waals surface area contributed by atoms with Crippen LogP contribution in [0.3, 0.4) is 0 Å². The Balaban J connectivity index is 1.53. The highest BCUT2D eigenvalue weighted by molar-refractivity contribution is 6.06. The minimum Gasteiger partial charge on any atom is -0.338 e. The molecule has 0 saturated carbocycles. The van der Waals surface area contributed by atoms with Crippen molar-refractivity contribution in [1.29, 1.82) is 0 Å². The Bertz CT molecular complexity index is 1180. The van der Waals surface area contributed by atoms with Crippen LogP contribution in [0.5, 0.6) is 0 Å². The molecule has 0 aliphatic carbocycles. The first-order valence-corrected chi connectivity index (χ1v) is 9.24. The van der Waals surface area contributed by atoms with Crippen molar-refractivity contribution in [3.8, 4) is 11.4 Å². The third-order valence-corrected chi connectivity index (χ3v) is 4.61. The third kappa shape index (κ3) is 4.01. The van der Waals surface area contributed by atoms with Gasteiger partial charge >= 0.3 is 0 Å². The number of hydrogen-bond donors (Lipinski definition) is 3. The zero-order chi connectivity index (χ0) is 20.4. The molecule has 29 heavy (non-hydrogen) atoms. The van der Waals surface area contributed by atoms with Crippen LogP contribution in [-0.2, 0) is 4.79 Å². The predicted octanol–water partition coefficient (Wildman–Crippen LogP) is 4.75. The minimum absolute atomic E-state index is 0.179. The highest BCUT2D eigenvalue weighted by atomic mass is 16.2. The first-order valence-electron chi connectivity index (χ1n) is 9.24. The summed E-state index contributed by atoms with van der Waals surface area (Å²) in [5, 5.41) is 5.60. The lowest BCUT2D eigenvalue weighted by Gasteiger charge is -2.10. The van der Waals surface area contributed by atoms with E-state index in [1.54, 1.807) is 12.1 Å². The number of aromatic amines is 1. The summed E-state index contributed by atoms with van der Waals surface area (Å²) >= 11 is 0. The molecular formula is C23H20N4O2. The number of imidazole rings is 1. The van der Waals surface area contributed by atoms with Crippen LogP contribution in [-0.4, -0.2) is 21.8 Å². The van der Waals surface area contributed by atoms with E-state index in [2.05, 4.69) is 20.6 Å². The molecule has 6 nitrogen and oxygen atoms in total. The molecule has 144 valence electrons. The molecule has 3 N–H and O–H groups in total. The highest BCUT2D eigenvalue weighted by Gasteiger charge is 2.12. The second-order valence-corrected chi connectivity index (χ2v) is 6.84. The molecule has 2 amide bonds. The van der Waals surface area contributed by atoms with Crippen LogP contribution < -0.4 is 10.6 Å². The monoisotopic (exact) mass is 384 g/mol. The number of fused-ring (bicyclic) bond motifs is 1. The van der Waals surface area contributed by atoms with Gasteiger partial charge in [0, 0.05) is 29.4 Å². The largest absolute Gasteiger partial charge is 0.338 e. The molecular weight excluding hydrogens is 364 g/mol. The van der Waals surface area contributed by atoms with Crippen molar-refractivity contribution >= 4 is 34.2 Å². The summed E-state index contributed by atoms with van der Waals surface area (Å²) < 4.78 is 0. The molecule has 1 aromatic heterocycles. The van der Waals surface area contributed by atoms with E-state index in [1.807, 2.05) is 61.5 Å². The van der Waals surface area contributed by atoms with Gasteiger partial charge in [-0.25, -0.2) is 4.98 Å². The van der Waals surface area contributed by atoms with Crippen LogP contribution in [0.15, 0.2) is 66.7 Å². The van der Waals surface area contributed by atoms with E-state index < -0.39 is 0 Å². The summed E-state index contributed by atoms with van der Waals surface area (Å²) in [6.07, 6.45) is 0. The Labute approximate surface area is 168 Å². The van der Waals surface area contributed by atoms with Crippen molar-refractivity contribution in [3.63, 3.8) is 0 Å². The predicted molar refractivity (Wildman–Crippen MR) is 115 cm³/mol. The van der Waals surface area contributed by atoms with Gasteiger partial charge in [0.1, 0.15) is 5.82 Å². The molecule has 0 atom stereocenters. The normalized spacial score (nSPS) is 10.7. The van der Waals surface area contributed by atoms with E-state index in [1.165, 1.54) is 6.92 Å². The number of nitrogens with one attached hydrogen (secondary N) is 3. The summed E-state index contributed by atoms with van der Waals surface area (Å²) in [5.74, 6) is 0.371. The summed E-state index contributed by atoms with van der Waals surface area (Å²) in [5.41, 5.74) is 5.44. The van der Waals surface area contributed by atoms with Gasteiger partial charge in [-0.2, -0.15) is 0 Å². The van der Waals surface area contributed by atoms with Gasteiger partial charge in [0.05, 0.1) is 11.0 Å². The Hall–Kier alpha value is -3.93. The summed E-state index contributed by atoms with van der Waals surface area (Å²) in [4.78, 5) is 31.8. The van der Waals surface area contributed by atoms with Crippen LogP contribution in [0.25, 0.3) is 22.4 Å². The molecule has 6 heteroatoms. The van der Waals surface area contributed by atoms with E-state index >= 15 is 0 Å². The zero-order valence-electron chi connectivity index (χ0n) is 16.1. The van der Waals surface area contributed by atoms with Gasteiger partial charge in [0.15, 0.2) is 0 Å². The number of nitrogens with zero attached hydrogens (tertiary/aromatic N) is 1. The summed E-state index contributed by atoms with van der Waals surface area (Å²) in [6.45, 7) is 3.29. The molecule has 1 heterocycles. The van der Waals surface area contributed by atoms with E-state index in [4.69, 9.17) is 0 Å². The molecule has 0 fully saturated rings. The van der Waals surface area contributed by atoms with Gasteiger partial charge < -0.3 is 15.6 Å². The first-order chi connectivity index (χ1) is 14.0. The van der Waals surface area contributed by atoms with Gasteiger partial charge in [-0.05, 0) is 61.0 Å². The van der Waals surface area contributed by atoms with Crippen molar-refractivity contribution in [2.24, 2.45) is 0 Å². The lowest BCUT2D eigenvalue weighted by atomic mass is 10.1. The minimum atomic E-state index is -0.230. The van der Waals surface area contributed by atoms with Crippen molar-refractivity contribution in [2.75, 3.05) is 10.6 Å². The second-order valence-electron chi connectivity index (χ2n) is 6.84. The molecule has 4 aromatic rings. The number of anilines is 2. The number of carbonyl (C=O) groups excluding carboxylic acids is 2. The molecule has 4 rings (SSSR count). The number of H-pyrrole nitrogens is 1. The van der Waals surface area contributed by atoms with E-state index in [9.17, 15) is 9.59 Å². The molecule has 0 aliphatic rings. The molecule has 0 saturated heterocycles. The average molecular weight is 384 g/mol. The van der Waals surface area contributed by atoms with Crippen LogP contribution in [0.2, 0.25) is 0 Å². The number of amides is 2.